The van der Waals surface area contributed by atoms with Crippen molar-refractivity contribution in [2.45, 2.75) is 0 Å². The van der Waals surface area contributed by atoms with Crippen LogP contribution >= 0.6 is 0 Å². The quantitative estimate of drug-likeness (QED) is 0.173. The third-order valence-electron chi connectivity index (χ3n) is 10.3. The first-order chi connectivity index (χ1) is 28.6. The smallest absolute Gasteiger partial charge is 0.136 e. The topological polar surface area (TPSA) is 13.1 Å². The fourth-order valence-electron chi connectivity index (χ4n) is 8.10. The predicted molar refractivity (Wildman–Crippen MR) is 218 cm³/mol. The lowest BCUT2D eigenvalue weighted by atomic mass is 9.83. The van der Waals surface area contributed by atoms with Gasteiger partial charge in [-0.15, -0.1) is 0 Å². The van der Waals surface area contributed by atoms with Gasteiger partial charge in [0, 0.05) is 10.8 Å². The molecule has 0 spiro atoms. The SMILES string of the molecule is [2H]c1c([2H])c([2H])c2c(-c3cccc4c(-c5ccc6oc7ccc8ccccc8c7c6c5)cccc34)c3c([2H])c([2H])c([2H])c([2H])c3c(-c3cccc4ccccc34)c2c1[2H]. The van der Waals surface area contributed by atoms with Gasteiger partial charge in [-0.3, -0.25) is 0 Å². The maximum Gasteiger partial charge on any atom is 0.136 e. The first kappa shape index (κ1) is 21.4. The standard InChI is InChI=1S/C50H30O/c1-3-15-34-31(12-1)14-9-24-39(34)48-41-17-5-7-19-43(41)49(44-20-8-6-18-42(44)48)40-25-11-22-37-35(21-10-23-38(37)40)33-27-28-46-45(30-33)50-36-16-4-2-13-32(36)26-29-47(50)51-46/h1-30H/i5D,6D,7D,8D,17D,18D,19D,20D. The lowest BCUT2D eigenvalue weighted by Gasteiger charge is -2.20. The molecule has 0 radical (unpaired) electrons. The molecule has 0 aliphatic rings. The number of hydrogen-bond acceptors (Lipinski definition) is 1. The van der Waals surface area contributed by atoms with E-state index in [0.29, 0.717) is 22.3 Å². The van der Waals surface area contributed by atoms with Crippen molar-refractivity contribution in [1.82, 2.24) is 0 Å². The van der Waals surface area contributed by atoms with Crippen LogP contribution in [0.15, 0.2) is 186 Å². The highest BCUT2D eigenvalue weighted by Crippen LogP contribution is 2.47. The van der Waals surface area contributed by atoms with Crippen LogP contribution in [0.4, 0.5) is 0 Å². The summed E-state index contributed by atoms with van der Waals surface area (Å²) < 4.78 is 79.9. The first-order valence-corrected chi connectivity index (χ1v) is 16.9. The van der Waals surface area contributed by atoms with E-state index >= 15 is 0 Å². The Morgan fingerprint density at radius 3 is 1.53 bits per heavy atom. The van der Waals surface area contributed by atoms with E-state index in [1.807, 2.05) is 109 Å². The highest BCUT2D eigenvalue weighted by molar-refractivity contribution is 6.26. The predicted octanol–water partition coefficient (Wildman–Crippen LogP) is 14.4. The molecule has 1 aromatic heterocycles. The van der Waals surface area contributed by atoms with E-state index in [9.17, 15) is 5.48 Å². The first-order valence-electron chi connectivity index (χ1n) is 20.9. The molecule has 0 saturated heterocycles. The molecule has 0 N–H and O–H groups in total. The Morgan fingerprint density at radius 1 is 0.353 bits per heavy atom. The number of rotatable bonds is 3. The van der Waals surface area contributed by atoms with Crippen LogP contribution in [0.1, 0.15) is 11.0 Å². The minimum Gasteiger partial charge on any atom is -0.456 e. The average Bonchev–Trinajstić information content (AvgIpc) is 3.66. The third-order valence-corrected chi connectivity index (χ3v) is 10.3. The van der Waals surface area contributed by atoms with Crippen LogP contribution in [0.5, 0.6) is 0 Å². The minimum atomic E-state index is -0.429. The minimum absolute atomic E-state index is 0.188. The number of benzene rings is 10. The van der Waals surface area contributed by atoms with Crippen LogP contribution in [-0.4, -0.2) is 0 Å². The maximum atomic E-state index is 9.51. The van der Waals surface area contributed by atoms with E-state index in [1.165, 1.54) is 0 Å². The zero-order valence-electron chi connectivity index (χ0n) is 35.1. The van der Waals surface area contributed by atoms with Gasteiger partial charge in [-0.25, -0.2) is 0 Å². The summed E-state index contributed by atoms with van der Waals surface area (Å²) in [5.74, 6) is 0. The largest absolute Gasteiger partial charge is 0.456 e. The Morgan fingerprint density at radius 2 is 0.843 bits per heavy atom. The zero-order valence-corrected chi connectivity index (χ0v) is 27.1. The van der Waals surface area contributed by atoms with Gasteiger partial charge in [-0.05, 0) is 105 Å². The second-order valence-corrected chi connectivity index (χ2v) is 13.0. The van der Waals surface area contributed by atoms with Crippen molar-refractivity contribution in [2.75, 3.05) is 0 Å². The molecule has 11 aromatic rings. The molecule has 0 fully saturated rings. The number of furan rings is 1. The second-order valence-electron chi connectivity index (χ2n) is 13.0. The van der Waals surface area contributed by atoms with Gasteiger partial charge < -0.3 is 4.42 Å². The molecule has 236 valence electrons. The van der Waals surface area contributed by atoms with E-state index in [2.05, 4.69) is 24.3 Å². The van der Waals surface area contributed by atoms with Gasteiger partial charge in [0.05, 0.1) is 11.0 Å². The Labute approximate surface area is 305 Å². The van der Waals surface area contributed by atoms with Crippen LogP contribution in [0, 0.1) is 0 Å². The van der Waals surface area contributed by atoms with E-state index < -0.39 is 24.2 Å². The summed E-state index contributed by atoms with van der Waals surface area (Å²) in [5.41, 5.74) is 5.29. The monoisotopic (exact) mass is 654 g/mol. The van der Waals surface area contributed by atoms with Crippen molar-refractivity contribution in [1.29, 1.82) is 0 Å². The molecule has 0 atom stereocenters. The van der Waals surface area contributed by atoms with Gasteiger partial charge in [0.2, 0.25) is 0 Å². The highest BCUT2D eigenvalue weighted by Gasteiger charge is 2.20. The van der Waals surface area contributed by atoms with Gasteiger partial charge in [-0.2, -0.15) is 0 Å². The zero-order chi connectivity index (χ0) is 40.4. The molecular weight excluding hydrogens is 617 g/mol. The molecule has 10 aromatic carbocycles. The summed E-state index contributed by atoms with van der Waals surface area (Å²) in [6, 6.07) is 40.7. The van der Waals surface area contributed by atoms with Crippen molar-refractivity contribution in [3.05, 3.63) is 182 Å². The van der Waals surface area contributed by atoms with Crippen LogP contribution < -0.4 is 0 Å². The number of hydrogen-bond donors (Lipinski definition) is 0. The third kappa shape index (κ3) is 4.16. The molecule has 1 heterocycles. The Kier molecular flexibility index (Phi) is 4.57. The van der Waals surface area contributed by atoms with Crippen LogP contribution in [0.2, 0.25) is 0 Å². The molecule has 0 unspecified atom stereocenters. The van der Waals surface area contributed by atoms with Crippen LogP contribution in [0.3, 0.4) is 0 Å². The van der Waals surface area contributed by atoms with Crippen molar-refractivity contribution in [3.63, 3.8) is 0 Å². The molecule has 11 rings (SSSR count). The van der Waals surface area contributed by atoms with Gasteiger partial charge in [0.1, 0.15) is 11.2 Å². The van der Waals surface area contributed by atoms with Gasteiger partial charge in [0.25, 0.3) is 0 Å². The van der Waals surface area contributed by atoms with E-state index in [4.69, 9.17) is 9.90 Å². The molecule has 1 nitrogen and oxygen atoms in total. The van der Waals surface area contributed by atoms with E-state index in [1.54, 1.807) is 0 Å². The molecule has 0 saturated carbocycles. The molecule has 0 bridgehead atoms. The summed E-state index contributed by atoms with van der Waals surface area (Å²) in [5, 5.41) is 8.28. The van der Waals surface area contributed by atoms with Gasteiger partial charge in [-0.1, -0.05) is 164 Å². The van der Waals surface area contributed by atoms with E-state index in [-0.39, 0.29) is 45.7 Å². The lowest BCUT2D eigenvalue weighted by Crippen LogP contribution is -1.92. The summed E-state index contributed by atoms with van der Waals surface area (Å²) >= 11 is 0. The fraction of sp³-hybridized carbons (Fsp3) is 0. The van der Waals surface area contributed by atoms with Gasteiger partial charge >= 0.3 is 0 Å². The van der Waals surface area contributed by atoms with Crippen LogP contribution in [0.25, 0.3) is 109 Å². The summed E-state index contributed by atoms with van der Waals surface area (Å²) in [6.07, 6.45) is 0. The summed E-state index contributed by atoms with van der Waals surface area (Å²) in [4.78, 5) is 0. The Bertz CT molecular complexity index is 3580. The molecule has 0 amide bonds. The lowest BCUT2D eigenvalue weighted by molar-refractivity contribution is 0.669. The molecule has 0 aliphatic heterocycles. The summed E-state index contributed by atoms with van der Waals surface area (Å²) in [6.45, 7) is 0. The molecule has 1 heteroatoms. The second kappa shape index (κ2) is 10.9. The Balaban J connectivity index is 1.29. The van der Waals surface area contributed by atoms with Crippen LogP contribution in [-0.2, 0) is 0 Å². The normalized spacial score (nSPS) is 14.1. The maximum absolute atomic E-state index is 9.51. The fourth-order valence-corrected chi connectivity index (χ4v) is 8.10. The van der Waals surface area contributed by atoms with Crippen molar-refractivity contribution in [2.24, 2.45) is 0 Å². The average molecular weight is 655 g/mol. The summed E-state index contributed by atoms with van der Waals surface area (Å²) in [7, 11) is 0. The Hall–Kier alpha value is -6.70. The van der Waals surface area contributed by atoms with Gasteiger partial charge in [0.15, 0.2) is 0 Å². The van der Waals surface area contributed by atoms with Crippen molar-refractivity contribution >= 4 is 75.8 Å². The highest BCUT2D eigenvalue weighted by atomic mass is 16.3. The van der Waals surface area contributed by atoms with Crippen molar-refractivity contribution in [3.8, 4) is 33.4 Å². The van der Waals surface area contributed by atoms with E-state index in [0.717, 1.165) is 65.4 Å². The van der Waals surface area contributed by atoms with Crippen molar-refractivity contribution < 1.29 is 15.4 Å². The molecule has 51 heavy (non-hydrogen) atoms. The molecule has 0 aliphatic carbocycles. The number of fused-ring (bicyclic) bond motifs is 9. The molecular formula is C50H30O.